The van der Waals surface area contributed by atoms with Gasteiger partial charge >= 0.3 is 0 Å². The maximum Gasteiger partial charge on any atom is 0.0793 e. The van der Waals surface area contributed by atoms with Crippen molar-refractivity contribution in [3.05, 3.63) is 155 Å². The van der Waals surface area contributed by atoms with Crippen molar-refractivity contribution in [2.45, 2.75) is 116 Å². The molecule has 0 aliphatic carbocycles. The lowest BCUT2D eigenvalue weighted by atomic mass is 9.72. The van der Waals surface area contributed by atoms with Gasteiger partial charge in [0.2, 0.25) is 0 Å². The van der Waals surface area contributed by atoms with E-state index in [2.05, 4.69) is 202 Å². The van der Waals surface area contributed by atoms with Crippen LogP contribution in [-0.4, -0.2) is 41.7 Å². The van der Waals surface area contributed by atoms with Crippen LogP contribution in [0.2, 0.25) is 10.1 Å². The fourth-order valence-electron chi connectivity index (χ4n) is 8.46. The van der Waals surface area contributed by atoms with Gasteiger partial charge in [-0.3, -0.25) is 9.97 Å². The molecule has 2 aromatic heterocycles. The molecule has 0 N–H and O–H groups in total. The monoisotopic (exact) mass is 812 g/mol. The molecule has 59 heavy (non-hydrogen) atoms. The maximum atomic E-state index is 7.78. The molecule has 4 aromatic carbocycles. The second-order valence-electron chi connectivity index (χ2n) is 20.5. The first-order chi connectivity index (χ1) is 27.6. The van der Waals surface area contributed by atoms with E-state index >= 15 is 0 Å². The predicted octanol–water partition coefficient (Wildman–Crippen LogP) is 10.9. The molecule has 0 saturated heterocycles. The third kappa shape index (κ3) is 10.9. The van der Waals surface area contributed by atoms with Crippen molar-refractivity contribution >= 4 is 42.0 Å². The van der Waals surface area contributed by atoms with Crippen LogP contribution in [0.25, 0.3) is 21.5 Å². The van der Waals surface area contributed by atoms with E-state index in [-0.39, 0.29) is 20.9 Å². The molecule has 6 aromatic rings. The van der Waals surface area contributed by atoms with Crippen LogP contribution >= 0.6 is 0 Å². The zero-order valence-electron chi connectivity index (χ0n) is 37.7. The van der Waals surface area contributed by atoms with Crippen molar-refractivity contribution in [3.8, 4) is 23.7 Å². The molecule has 4 atom stereocenters. The van der Waals surface area contributed by atoms with Crippen LogP contribution in [-0.2, 0) is 17.6 Å². The highest BCUT2D eigenvalue weighted by Gasteiger charge is 2.53. The van der Waals surface area contributed by atoms with E-state index in [9.17, 15) is 0 Å². The second kappa shape index (κ2) is 17.1. The Balaban J connectivity index is 1.25. The van der Waals surface area contributed by atoms with Crippen molar-refractivity contribution in [1.29, 1.82) is 0 Å². The highest BCUT2D eigenvalue weighted by atomic mass is 28.1. The number of fused-ring (bicyclic) bond motifs is 2. The fourth-order valence-corrected chi connectivity index (χ4v) is 9.26. The van der Waals surface area contributed by atoms with E-state index in [0.29, 0.717) is 0 Å². The fraction of sp³-hybridized carbons (Fsp3) is 0.370. The molecule has 6 rings (SSSR count). The van der Waals surface area contributed by atoms with Gasteiger partial charge < -0.3 is 4.74 Å². The van der Waals surface area contributed by atoms with Crippen LogP contribution in [0.1, 0.15) is 116 Å². The average molecular weight is 813 g/mol. The number of hydrogen-bond donors (Lipinski definition) is 0. The van der Waals surface area contributed by atoms with E-state index in [0.717, 1.165) is 68.7 Å². The van der Waals surface area contributed by atoms with E-state index in [1.807, 2.05) is 12.4 Å². The Labute approximate surface area is 361 Å². The summed E-state index contributed by atoms with van der Waals surface area (Å²) in [6, 6.07) is 38.5. The molecule has 0 aliphatic heterocycles. The van der Waals surface area contributed by atoms with Crippen molar-refractivity contribution in [3.63, 3.8) is 0 Å². The van der Waals surface area contributed by atoms with E-state index < -0.39 is 11.2 Å². The molecule has 0 saturated carbocycles. The summed E-state index contributed by atoms with van der Waals surface area (Å²) in [5, 5.41) is 4.17. The third-order valence-corrected chi connectivity index (χ3v) is 14.6. The quantitative estimate of drug-likeness (QED) is 0.102. The number of nitrogens with zero attached hydrogens (tertiary/aromatic N) is 2. The van der Waals surface area contributed by atoms with Gasteiger partial charge in [0, 0.05) is 77.7 Å². The molecule has 0 fully saturated rings. The van der Waals surface area contributed by atoms with Gasteiger partial charge in [0.05, 0.1) is 22.6 Å². The Hall–Kier alpha value is -4.79. The predicted molar refractivity (Wildman–Crippen MR) is 258 cm³/mol. The smallest absolute Gasteiger partial charge is 0.0793 e. The summed E-state index contributed by atoms with van der Waals surface area (Å²) in [6.45, 7) is 23.2. The van der Waals surface area contributed by atoms with Crippen LogP contribution in [0, 0.1) is 34.5 Å². The van der Waals surface area contributed by atoms with E-state index in [1.54, 1.807) is 0 Å². The number of rotatable bonds is 10. The molecule has 2 heterocycles. The molecular formula is C54H64N2OSi2. The zero-order valence-corrected chi connectivity index (χ0v) is 41.7. The van der Waals surface area contributed by atoms with Crippen molar-refractivity contribution in [2.75, 3.05) is 0 Å². The second-order valence-corrected chi connectivity index (χ2v) is 24.5. The molecule has 0 amide bonds. The lowest BCUT2D eigenvalue weighted by molar-refractivity contribution is -0.185. The van der Waals surface area contributed by atoms with Gasteiger partial charge in [-0.1, -0.05) is 138 Å². The Bertz CT molecular complexity index is 2350. The molecule has 0 spiro atoms. The number of pyridine rings is 2. The zero-order chi connectivity index (χ0) is 42.7. The summed E-state index contributed by atoms with van der Waals surface area (Å²) >= 11 is 0. The minimum absolute atomic E-state index is 0.0264. The van der Waals surface area contributed by atoms with Crippen molar-refractivity contribution < 1.29 is 4.74 Å². The molecule has 304 valence electrons. The first-order valence-corrected chi connectivity index (χ1v) is 23.2. The van der Waals surface area contributed by atoms with Crippen LogP contribution in [0.5, 0.6) is 0 Å². The van der Waals surface area contributed by atoms with Crippen LogP contribution in [0.4, 0.5) is 0 Å². The minimum atomic E-state index is -0.519. The van der Waals surface area contributed by atoms with Crippen molar-refractivity contribution in [2.24, 2.45) is 10.8 Å². The molecule has 0 bridgehead atoms. The molecular weight excluding hydrogens is 749 g/mol. The normalized spacial score (nSPS) is 16.2. The molecule has 0 aliphatic rings. The Morgan fingerprint density at radius 2 is 0.831 bits per heavy atom. The highest BCUT2D eigenvalue weighted by molar-refractivity contribution is 6.19. The molecule has 5 heteroatoms. The Morgan fingerprint density at radius 1 is 0.475 bits per heavy atom. The van der Waals surface area contributed by atoms with Crippen LogP contribution in [0.15, 0.2) is 122 Å². The maximum absolute atomic E-state index is 7.78. The lowest BCUT2D eigenvalue weighted by Gasteiger charge is -2.54. The van der Waals surface area contributed by atoms with Gasteiger partial charge in [-0.25, -0.2) is 0 Å². The Kier molecular flexibility index (Phi) is 12.7. The van der Waals surface area contributed by atoms with E-state index in [4.69, 9.17) is 14.7 Å². The van der Waals surface area contributed by atoms with E-state index in [1.165, 1.54) is 32.7 Å². The largest absolute Gasteiger partial charge is 0.367 e. The summed E-state index contributed by atoms with van der Waals surface area (Å²) in [5.74, 6) is 14.8. The lowest BCUT2D eigenvalue weighted by Crippen LogP contribution is -2.55. The number of benzene rings is 4. The van der Waals surface area contributed by atoms with Gasteiger partial charge in [-0.2, -0.15) is 0 Å². The SMILES string of the molecule is CC(C)(C)CC(C)(OC(C)(CC(C)(C)C)C(C)([SiH3])C#Cc1ccc(Cc2nccc3ccccc23)cc1)C(C)([SiH3])C#Cc1ccc(Cc2nccc3ccccc23)cc1. The highest BCUT2D eigenvalue weighted by Crippen LogP contribution is 2.54. The average Bonchev–Trinajstić information content (AvgIpc) is 3.16. The number of aromatic nitrogens is 2. The Morgan fingerprint density at radius 3 is 1.19 bits per heavy atom. The standard InChI is InChI=1S/C54H64N2OSi2/c1-49(2,3)37-51(7,53(9,58)31-27-39-19-23-41(24-20-39)35-47-45-17-13-11-15-43(45)29-33-55-47)57-52(8,38-50(4,5)6)54(10,59)32-28-40-21-25-42(26-22-40)36-48-46-18-14-12-16-44(46)30-34-56-48/h11-26,29-30,33-34H,35-38H2,1-10,58-59H3. The summed E-state index contributed by atoms with van der Waals surface area (Å²) in [6.07, 6.45) is 7.15. The summed E-state index contributed by atoms with van der Waals surface area (Å²) in [7, 11) is 1.67. The van der Waals surface area contributed by atoms with Gasteiger partial charge in [0.1, 0.15) is 0 Å². The topological polar surface area (TPSA) is 35.0 Å². The summed E-state index contributed by atoms with van der Waals surface area (Å²) < 4.78 is 7.78. The third-order valence-electron chi connectivity index (χ3n) is 12.0. The minimum Gasteiger partial charge on any atom is -0.367 e. The first-order valence-electron chi connectivity index (χ1n) is 21.2. The summed E-state index contributed by atoms with van der Waals surface area (Å²) in [4.78, 5) is 9.45. The van der Waals surface area contributed by atoms with Gasteiger partial charge in [-0.05, 0) is 110 Å². The van der Waals surface area contributed by atoms with Crippen LogP contribution < -0.4 is 0 Å². The number of hydrogen-bond acceptors (Lipinski definition) is 3. The summed E-state index contributed by atoms with van der Waals surface area (Å²) in [5.41, 5.74) is 5.72. The van der Waals surface area contributed by atoms with Crippen LogP contribution in [0.3, 0.4) is 0 Å². The molecule has 3 nitrogen and oxygen atoms in total. The first kappa shape index (κ1) is 43.8. The van der Waals surface area contributed by atoms with Crippen molar-refractivity contribution in [1.82, 2.24) is 9.97 Å². The molecule has 4 unspecified atom stereocenters. The van der Waals surface area contributed by atoms with Gasteiger partial charge in [0.25, 0.3) is 0 Å². The number of ether oxygens (including phenoxy) is 1. The molecule has 0 radical (unpaired) electrons. The van der Waals surface area contributed by atoms with Gasteiger partial charge in [0.15, 0.2) is 0 Å². The van der Waals surface area contributed by atoms with Gasteiger partial charge in [-0.15, -0.1) is 0 Å².